The molecule has 1 saturated heterocycles. The number of rotatable bonds is 1. The van der Waals surface area contributed by atoms with E-state index in [-0.39, 0.29) is 0 Å². The maximum atomic E-state index is 4.44. The summed E-state index contributed by atoms with van der Waals surface area (Å²) in [6, 6.07) is 6.84. The predicted molar refractivity (Wildman–Crippen MR) is 82.2 cm³/mol. The molecule has 0 spiro atoms. The summed E-state index contributed by atoms with van der Waals surface area (Å²) >= 11 is 1.73. The molecule has 3 rings (SSSR count). The minimum absolute atomic E-state index is 0.425. The van der Waals surface area contributed by atoms with Gasteiger partial charge in [-0.2, -0.15) is 0 Å². The van der Waals surface area contributed by atoms with Gasteiger partial charge in [0, 0.05) is 0 Å². The van der Waals surface area contributed by atoms with Gasteiger partial charge in [0.1, 0.15) is 0 Å². The maximum absolute atomic E-state index is 4.44. The summed E-state index contributed by atoms with van der Waals surface area (Å²) in [6.07, 6.45) is 2.57. The van der Waals surface area contributed by atoms with Crippen LogP contribution in [-0.4, -0.2) is 11.7 Å². The Morgan fingerprint density at radius 2 is 1.78 bits per heavy atom. The van der Waals surface area contributed by atoms with Gasteiger partial charge in [-0.05, 0) is 23.0 Å². The smallest absolute Gasteiger partial charge is 0.177 e. The van der Waals surface area contributed by atoms with Crippen molar-refractivity contribution >= 4 is 33.7 Å². The molecule has 0 saturated carbocycles. The highest BCUT2D eigenvalue weighted by Gasteiger charge is 2.47. The highest BCUT2D eigenvalue weighted by atomic mass is 32.1. The normalized spacial score (nSPS) is 21.7. The van der Waals surface area contributed by atoms with E-state index in [1.54, 1.807) is 11.3 Å². The maximum Gasteiger partial charge on any atom is 0.177 e. The van der Waals surface area contributed by atoms with Crippen LogP contribution in [-0.2, 0) is 0 Å². The van der Waals surface area contributed by atoms with E-state index in [4.69, 9.17) is 0 Å². The largest absolute Gasteiger partial charge is 0.245 e. The van der Waals surface area contributed by atoms with E-state index < -0.39 is 0 Å². The minimum Gasteiger partial charge on any atom is -0.245 e. The molecule has 1 aromatic carbocycles. The molecule has 0 unspecified atom stereocenters. The van der Waals surface area contributed by atoms with Crippen molar-refractivity contribution in [2.24, 2.45) is 10.8 Å². The summed E-state index contributed by atoms with van der Waals surface area (Å²) in [5.74, 6) is 0. The number of hydrogen-bond acceptors (Lipinski definition) is 2. The third-order valence-electron chi connectivity index (χ3n) is 5.17. The topological polar surface area (TPSA) is 12.9 Å². The van der Waals surface area contributed by atoms with Gasteiger partial charge >= 0.3 is 0 Å². The van der Waals surface area contributed by atoms with E-state index in [9.17, 15) is 0 Å². The van der Waals surface area contributed by atoms with E-state index in [2.05, 4.69) is 50.9 Å². The van der Waals surface area contributed by atoms with E-state index in [0.717, 1.165) is 0 Å². The molecule has 1 fully saturated rings. The van der Waals surface area contributed by atoms with Gasteiger partial charge in [0.05, 0.1) is 15.7 Å². The van der Waals surface area contributed by atoms with Crippen molar-refractivity contribution in [3.05, 3.63) is 23.7 Å². The Morgan fingerprint density at radius 3 is 2.44 bits per heavy atom. The number of thiazole rings is 1. The first-order chi connectivity index (χ1) is 8.39. The van der Waals surface area contributed by atoms with E-state index in [0.29, 0.717) is 17.5 Å². The average Bonchev–Trinajstić information content (AvgIpc) is 2.80. The third-order valence-corrected chi connectivity index (χ3v) is 5.98. The Labute approximate surface area is 114 Å². The first kappa shape index (κ1) is 12.2. The Bertz CT molecular complexity index is 569. The van der Waals surface area contributed by atoms with Crippen molar-refractivity contribution in [1.29, 1.82) is 0 Å². The Balaban J connectivity index is 1.96. The zero-order chi connectivity index (χ0) is 13.0. The quantitative estimate of drug-likeness (QED) is 0.702. The molecule has 94 valence electrons. The molecule has 0 atom stereocenters. The molecule has 1 nitrogen and oxygen atoms in total. The Kier molecular flexibility index (Phi) is 2.60. The van der Waals surface area contributed by atoms with Crippen LogP contribution in [0.1, 0.15) is 27.7 Å². The molecule has 2 heterocycles. The number of benzene rings is 1. The highest BCUT2D eigenvalue weighted by molar-refractivity contribution is 7.16. The SMILES string of the molecule is CC1(C)CB(c2ccc3scnc3c2)CC1(C)C. The summed E-state index contributed by atoms with van der Waals surface area (Å²) in [6.45, 7) is 10.3. The lowest BCUT2D eigenvalue weighted by Gasteiger charge is -2.35. The summed E-state index contributed by atoms with van der Waals surface area (Å²) in [4.78, 5) is 4.44. The van der Waals surface area contributed by atoms with E-state index >= 15 is 0 Å². The molecular formula is C15H20BNS. The molecule has 0 amide bonds. The molecule has 0 bridgehead atoms. The third kappa shape index (κ3) is 1.80. The van der Waals surface area contributed by atoms with Crippen LogP contribution in [0.2, 0.25) is 12.6 Å². The molecular weight excluding hydrogens is 237 g/mol. The summed E-state index contributed by atoms with van der Waals surface area (Å²) in [5.41, 5.74) is 5.44. The second kappa shape index (κ2) is 3.83. The summed E-state index contributed by atoms with van der Waals surface area (Å²) in [5, 5.41) is 0. The fourth-order valence-electron chi connectivity index (χ4n) is 3.22. The van der Waals surface area contributed by atoms with Crippen molar-refractivity contribution in [1.82, 2.24) is 4.98 Å². The van der Waals surface area contributed by atoms with Crippen LogP contribution in [0.3, 0.4) is 0 Å². The zero-order valence-corrected chi connectivity index (χ0v) is 12.5. The first-order valence-electron chi connectivity index (χ1n) is 6.72. The van der Waals surface area contributed by atoms with Gasteiger partial charge in [0.15, 0.2) is 6.71 Å². The first-order valence-corrected chi connectivity index (χ1v) is 7.60. The van der Waals surface area contributed by atoms with Crippen LogP contribution in [0.4, 0.5) is 0 Å². The van der Waals surface area contributed by atoms with Crippen molar-refractivity contribution in [2.75, 3.05) is 0 Å². The van der Waals surface area contributed by atoms with Crippen molar-refractivity contribution in [3.63, 3.8) is 0 Å². The van der Waals surface area contributed by atoms with Crippen LogP contribution in [0.15, 0.2) is 23.7 Å². The summed E-state index contributed by atoms with van der Waals surface area (Å²) < 4.78 is 1.30. The lowest BCUT2D eigenvalue weighted by Crippen LogP contribution is -2.27. The van der Waals surface area contributed by atoms with Crippen molar-refractivity contribution < 1.29 is 0 Å². The van der Waals surface area contributed by atoms with Gasteiger partial charge in [-0.3, -0.25) is 0 Å². The fraction of sp³-hybridized carbons (Fsp3) is 0.533. The second-order valence-corrected chi connectivity index (χ2v) is 7.84. The average molecular weight is 257 g/mol. The van der Waals surface area contributed by atoms with Gasteiger partial charge < -0.3 is 0 Å². The Hall–Kier alpha value is -0.825. The molecule has 1 aliphatic rings. The molecule has 0 aliphatic carbocycles. The van der Waals surface area contributed by atoms with E-state index in [1.165, 1.54) is 28.3 Å². The fourth-order valence-corrected chi connectivity index (χ4v) is 3.88. The molecule has 1 aliphatic heterocycles. The van der Waals surface area contributed by atoms with Crippen LogP contribution in [0.5, 0.6) is 0 Å². The predicted octanol–water partition coefficient (Wildman–Crippen LogP) is 4.06. The molecule has 1 aromatic heterocycles. The van der Waals surface area contributed by atoms with Crippen LogP contribution in [0, 0.1) is 10.8 Å². The van der Waals surface area contributed by atoms with Crippen LogP contribution in [0.25, 0.3) is 10.2 Å². The van der Waals surface area contributed by atoms with Crippen molar-refractivity contribution in [2.45, 2.75) is 40.3 Å². The van der Waals surface area contributed by atoms with Crippen LogP contribution < -0.4 is 5.46 Å². The number of fused-ring (bicyclic) bond motifs is 1. The molecule has 0 N–H and O–H groups in total. The van der Waals surface area contributed by atoms with Crippen LogP contribution >= 0.6 is 11.3 Å². The van der Waals surface area contributed by atoms with Gasteiger partial charge in [-0.25, -0.2) is 4.98 Å². The standard InChI is InChI=1S/C15H20BNS/c1-14(2)8-16(9-15(14,3)4)11-5-6-13-12(7-11)17-10-18-13/h5-7,10H,8-9H2,1-4H3. The van der Waals surface area contributed by atoms with Gasteiger partial charge in [0.25, 0.3) is 0 Å². The van der Waals surface area contributed by atoms with E-state index in [1.807, 2.05) is 5.51 Å². The van der Waals surface area contributed by atoms with Gasteiger partial charge in [-0.1, -0.05) is 51.9 Å². The number of aromatic nitrogens is 1. The minimum atomic E-state index is 0.425. The van der Waals surface area contributed by atoms with Crippen molar-refractivity contribution in [3.8, 4) is 0 Å². The van der Waals surface area contributed by atoms with Gasteiger partial charge in [0.2, 0.25) is 0 Å². The summed E-state index contributed by atoms with van der Waals surface area (Å²) in [7, 11) is 0. The Morgan fingerprint density at radius 1 is 1.11 bits per heavy atom. The zero-order valence-electron chi connectivity index (χ0n) is 11.7. The second-order valence-electron chi connectivity index (χ2n) is 6.95. The number of hydrogen-bond donors (Lipinski definition) is 0. The molecule has 2 aromatic rings. The van der Waals surface area contributed by atoms with Gasteiger partial charge in [-0.15, -0.1) is 11.3 Å². The lowest BCUT2D eigenvalue weighted by atomic mass is 9.42. The molecule has 18 heavy (non-hydrogen) atoms. The lowest BCUT2D eigenvalue weighted by molar-refractivity contribution is 0.177. The highest BCUT2D eigenvalue weighted by Crippen LogP contribution is 2.52. The molecule has 0 radical (unpaired) electrons. The number of nitrogens with zero attached hydrogens (tertiary/aromatic N) is 1. The molecule has 3 heteroatoms. The monoisotopic (exact) mass is 257 g/mol.